The summed E-state index contributed by atoms with van der Waals surface area (Å²) in [5.41, 5.74) is 3.62. The number of nitrogens with zero attached hydrogens (tertiary/aromatic N) is 1. The molecule has 0 heterocycles. The zero-order valence-electron chi connectivity index (χ0n) is 10.9. The molecule has 0 spiro atoms. The van der Waals surface area contributed by atoms with E-state index in [4.69, 9.17) is 5.26 Å². The molecular weight excluding hydrogens is 222 g/mol. The molecule has 1 aromatic carbocycles. The monoisotopic (exact) mass is 243 g/mol. The van der Waals surface area contributed by atoms with E-state index in [1.807, 2.05) is 12.1 Å². The van der Waals surface area contributed by atoms with E-state index >= 15 is 0 Å². The van der Waals surface area contributed by atoms with Crippen molar-refractivity contribution in [3.05, 3.63) is 35.4 Å². The Balaban J connectivity index is 2.13. The summed E-state index contributed by atoms with van der Waals surface area (Å²) in [6.07, 6.45) is 5.48. The lowest BCUT2D eigenvalue weighted by molar-refractivity contribution is 0.319. The Labute approximate surface area is 107 Å². The van der Waals surface area contributed by atoms with Gasteiger partial charge in [-0.1, -0.05) is 44.0 Å². The standard InChI is InChI=1S/C15H21NSi/c1-15(9-7-14(17-2)8-10-15)13-5-3-12(11-16)4-6-13/h3-6,14H,7-10,17H2,1-2H3/t14-,15-. The first-order chi connectivity index (χ1) is 8.18. The van der Waals surface area contributed by atoms with Gasteiger partial charge in [0.25, 0.3) is 0 Å². The zero-order valence-corrected chi connectivity index (χ0v) is 12.3. The first-order valence-electron chi connectivity index (χ1n) is 6.68. The molecule has 0 unspecified atom stereocenters. The summed E-state index contributed by atoms with van der Waals surface area (Å²) in [7, 11) is 0.187. The van der Waals surface area contributed by atoms with Crippen LogP contribution >= 0.6 is 0 Å². The SMILES string of the molecule is C[SiH2][C@H]1CC[C@](C)(c2ccc(C#N)cc2)CC1. The van der Waals surface area contributed by atoms with Crippen molar-refractivity contribution in [3.8, 4) is 6.07 Å². The molecule has 1 aliphatic carbocycles. The van der Waals surface area contributed by atoms with Gasteiger partial charge in [0, 0.05) is 9.52 Å². The fraction of sp³-hybridized carbons (Fsp3) is 0.533. The third-order valence-corrected chi connectivity index (χ3v) is 6.47. The molecule has 1 aliphatic rings. The summed E-state index contributed by atoms with van der Waals surface area (Å²) < 4.78 is 0. The van der Waals surface area contributed by atoms with Gasteiger partial charge in [-0.3, -0.25) is 0 Å². The van der Waals surface area contributed by atoms with Crippen LogP contribution in [0.3, 0.4) is 0 Å². The Morgan fingerprint density at radius 3 is 2.29 bits per heavy atom. The summed E-state index contributed by atoms with van der Waals surface area (Å²) >= 11 is 0. The van der Waals surface area contributed by atoms with Crippen LogP contribution in [0.25, 0.3) is 0 Å². The minimum absolute atomic E-state index is 0.187. The van der Waals surface area contributed by atoms with Gasteiger partial charge in [-0.25, -0.2) is 0 Å². The van der Waals surface area contributed by atoms with Crippen molar-refractivity contribution in [2.24, 2.45) is 0 Å². The molecule has 0 radical (unpaired) electrons. The van der Waals surface area contributed by atoms with E-state index in [2.05, 4.69) is 31.7 Å². The summed E-state index contributed by atoms with van der Waals surface area (Å²) in [4.78, 5) is 0. The molecule has 0 saturated heterocycles. The molecule has 0 N–H and O–H groups in total. The van der Waals surface area contributed by atoms with Gasteiger partial charge >= 0.3 is 0 Å². The molecule has 1 saturated carbocycles. The van der Waals surface area contributed by atoms with E-state index in [0.717, 1.165) is 11.1 Å². The lowest BCUT2D eigenvalue weighted by Crippen LogP contribution is -2.28. The normalized spacial score (nSPS) is 29.4. The predicted molar refractivity (Wildman–Crippen MR) is 75.1 cm³/mol. The maximum absolute atomic E-state index is 8.82. The van der Waals surface area contributed by atoms with Gasteiger partial charge in [0.1, 0.15) is 0 Å². The lowest BCUT2D eigenvalue weighted by Gasteiger charge is -2.37. The highest BCUT2D eigenvalue weighted by molar-refractivity contribution is 6.35. The van der Waals surface area contributed by atoms with Crippen LogP contribution in [0.15, 0.2) is 24.3 Å². The summed E-state index contributed by atoms with van der Waals surface area (Å²) in [6.45, 7) is 4.83. The molecule has 17 heavy (non-hydrogen) atoms. The first kappa shape index (κ1) is 12.4. The number of hydrogen-bond donors (Lipinski definition) is 0. The average molecular weight is 243 g/mol. The van der Waals surface area contributed by atoms with Gasteiger partial charge < -0.3 is 0 Å². The van der Waals surface area contributed by atoms with Crippen molar-refractivity contribution < 1.29 is 0 Å². The Kier molecular flexibility index (Phi) is 3.68. The molecule has 2 heteroatoms. The fourth-order valence-corrected chi connectivity index (χ4v) is 4.18. The van der Waals surface area contributed by atoms with Crippen molar-refractivity contribution in [2.45, 2.75) is 50.1 Å². The maximum atomic E-state index is 8.82. The minimum atomic E-state index is 0.187. The van der Waals surface area contributed by atoms with Crippen LogP contribution in [-0.2, 0) is 5.41 Å². The smallest absolute Gasteiger partial charge is 0.0991 e. The highest BCUT2D eigenvalue weighted by Crippen LogP contribution is 2.43. The molecule has 1 fully saturated rings. The van der Waals surface area contributed by atoms with Crippen molar-refractivity contribution >= 4 is 9.52 Å². The highest BCUT2D eigenvalue weighted by atomic mass is 28.2. The summed E-state index contributed by atoms with van der Waals surface area (Å²) in [5, 5.41) is 8.82. The van der Waals surface area contributed by atoms with Gasteiger partial charge in [-0.05, 0) is 36.0 Å². The Morgan fingerprint density at radius 2 is 1.82 bits per heavy atom. The lowest BCUT2D eigenvalue weighted by atomic mass is 9.71. The summed E-state index contributed by atoms with van der Waals surface area (Å²) in [5.74, 6) is 0. The predicted octanol–water partition coefficient (Wildman–Crippen LogP) is 3.40. The van der Waals surface area contributed by atoms with E-state index in [1.165, 1.54) is 31.2 Å². The molecule has 0 bridgehead atoms. The zero-order chi connectivity index (χ0) is 12.3. The molecular formula is C15H21NSi. The molecule has 2 rings (SSSR count). The first-order valence-corrected chi connectivity index (χ1v) is 8.91. The molecule has 90 valence electrons. The molecule has 0 atom stereocenters. The van der Waals surface area contributed by atoms with Crippen LogP contribution in [0.4, 0.5) is 0 Å². The van der Waals surface area contributed by atoms with Crippen LogP contribution in [0.2, 0.25) is 12.1 Å². The van der Waals surface area contributed by atoms with Gasteiger partial charge in [0.2, 0.25) is 0 Å². The Bertz CT molecular complexity index is 408. The number of benzene rings is 1. The number of rotatable bonds is 2. The molecule has 0 aromatic heterocycles. The number of nitriles is 1. The molecule has 1 aromatic rings. The minimum Gasteiger partial charge on any atom is -0.192 e. The van der Waals surface area contributed by atoms with Crippen LogP contribution < -0.4 is 0 Å². The molecule has 0 aliphatic heterocycles. The van der Waals surface area contributed by atoms with Gasteiger partial charge in [-0.2, -0.15) is 5.26 Å². The molecule has 1 nitrogen and oxygen atoms in total. The van der Waals surface area contributed by atoms with Gasteiger partial charge in [0.05, 0.1) is 11.6 Å². The maximum Gasteiger partial charge on any atom is 0.0991 e. The van der Waals surface area contributed by atoms with Crippen LogP contribution in [-0.4, -0.2) is 9.52 Å². The average Bonchev–Trinajstić information content (AvgIpc) is 2.40. The largest absolute Gasteiger partial charge is 0.192 e. The van der Waals surface area contributed by atoms with Crippen molar-refractivity contribution in [1.29, 1.82) is 5.26 Å². The quantitative estimate of drug-likeness (QED) is 0.730. The van der Waals surface area contributed by atoms with Crippen LogP contribution in [0.5, 0.6) is 0 Å². The van der Waals surface area contributed by atoms with Crippen molar-refractivity contribution in [1.82, 2.24) is 0 Å². The van der Waals surface area contributed by atoms with E-state index in [1.54, 1.807) is 0 Å². The Hall–Kier alpha value is -1.07. The highest BCUT2D eigenvalue weighted by Gasteiger charge is 2.31. The van der Waals surface area contributed by atoms with Gasteiger partial charge in [0.15, 0.2) is 0 Å². The second-order valence-corrected chi connectivity index (χ2v) is 7.57. The number of hydrogen-bond acceptors (Lipinski definition) is 1. The Morgan fingerprint density at radius 1 is 1.24 bits per heavy atom. The van der Waals surface area contributed by atoms with Crippen molar-refractivity contribution in [2.75, 3.05) is 0 Å². The second kappa shape index (κ2) is 5.06. The third kappa shape index (κ3) is 2.61. The topological polar surface area (TPSA) is 23.8 Å². The van der Waals surface area contributed by atoms with E-state index in [0.29, 0.717) is 5.41 Å². The van der Waals surface area contributed by atoms with Gasteiger partial charge in [-0.15, -0.1) is 0 Å². The van der Waals surface area contributed by atoms with E-state index < -0.39 is 0 Å². The van der Waals surface area contributed by atoms with Crippen LogP contribution in [0.1, 0.15) is 43.7 Å². The van der Waals surface area contributed by atoms with Crippen LogP contribution in [0, 0.1) is 11.3 Å². The van der Waals surface area contributed by atoms with E-state index in [9.17, 15) is 0 Å². The molecule has 0 amide bonds. The van der Waals surface area contributed by atoms with Crippen molar-refractivity contribution in [3.63, 3.8) is 0 Å². The third-order valence-electron chi connectivity index (χ3n) is 4.50. The summed E-state index contributed by atoms with van der Waals surface area (Å²) in [6, 6.07) is 10.4. The van der Waals surface area contributed by atoms with E-state index in [-0.39, 0.29) is 9.52 Å². The second-order valence-electron chi connectivity index (χ2n) is 5.60. The fourth-order valence-electron chi connectivity index (χ4n) is 2.96.